The lowest BCUT2D eigenvalue weighted by Crippen LogP contribution is -2.20. The van der Waals surface area contributed by atoms with Crippen molar-refractivity contribution in [1.29, 1.82) is 0 Å². The second-order valence-corrected chi connectivity index (χ2v) is 3.75. The molecular formula is C11H15ClN2O3. The van der Waals surface area contributed by atoms with Crippen LogP contribution >= 0.6 is 11.6 Å². The normalized spacial score (nSPS) is 10.3. The quantitative estimate of drug-likeness (QED) is 0.623. The maximum atomic E-state index is 11.5. The van der Waals surface area contributed by atoms with Gasteiger partial charge in [0.15, 0.2) is 0 Å². The predicted molar refractivity (Wildman–Crippen MR) is 65.3 cm³/mol. The van der Waals surface area contributed by atoms with Gasteiger partial charge in [0, 0.05) is 7.11 Å². The van der Waals surface area contributed by atoms with Crippen molar-refractivity contribution in [3.8, 4) is 0 Å². The maximum Gasteiger partial charge on any atom is 0.250 e. The molecule has 0 fully saturated rings. The number of rotatable bonds is 6. The van der Waals surface area contributed by atoms with Gasteiger partial charge in [0.1, 0.15) is 11.8 Å². The van der Waals surface area contributed by atoms with Crippen molar-refractivity contribution in [2.24, 2.45) is 0 Å². The molecule has 0 aliphatic carbocycles. The highest BCUT2D eigenvalue weighted by atomic mass is 35.5. The van der Waals surface area contributed by atoms with E-state index in [-0.39, 0.29) is 12.5 Å². The molecule has 6 heteroatoms. The van der Waals surface area contributed by atoms with Crippen molar-refractivity contribution in [3.05, 3.63) is 23.0 Å². The van der Waals surface area contributed by atoms with E-state index in [2.05, 4.69) is 10.3 Å². The number of aryl methyl sites for hydroxylation is 1. The molecule has 0 atom stereocenters. The Kier molecular flexibility index (Phi) is 5.90. The summed E-state index contributed by atoms with van der Waals surface area (Å²) in [6.45, 7) is 2.62. The van der Waals surface area contributed by atoms with E-state index in [0.717, 1.165) is 0 Å². The second-order valence-electron chi connectivity index (χ2n) is 3.36. The van der Waals surface area contributed by atoms with E-state index < -0.39 is 0 Å². The highest BCUT2D eigenvalue weighted by Crippen LogP contribution is 2.15. The number of amides is 1. The molecule has 5 nitrogen and oxygen atoms in total. The lowest BCUT2D eigenvalue weighted by atomic mass is 10.3. The van der Waals surface area contributed by atoms with E-state index in [1.807, 2.05) is 0 Å². The molecule has 1 rings (SSSR count). The zero-order chi connectivity index (χ0) is 12.7. The van der Waals surface area contributed by atoms with Gasteiger partial charge >= 0.3 is 0 Å². The molecule has 1 aromatic rings. The number of nitrogens with one attached hydrogen (secondary N) is 1. The zero-order valence-corrected chi connectivity index (χ0v) is 10.6. The summed E-state index contributed by atoms with van der Waals surface area (Å²) in [5.41, 5.74) is 1.30. The monoisotopic (exact) mass is 258 g/mol. The standard InChI is InChI=1S/C11H15ClN2O3/c1-8-9(3-4-10(12)13-8)14-11(15)7-17-6-5-16-2/h3-4H,5-7H2,1-2H3,(H,14,15). The third-order valence-corrected chi connectivity index (χ3v) is 2.20. The van der Waals surface area contributed by atoms with Crippen LogP contribution in [0, 0.1) is 6.92 Å². The van der Waals surface area contributed by atoms with Crippen LogP contribution in [0.25, 0.3) is 0 Å². The fraction of sp³-hybridized carbons (Fsp3) is 0.455. The highest BCUT2D eigenvalue weighted by Gasteiger charge is 2.05. The summed E-state index contributed by atoms with van der Waals surface area (Å²) in [4.78, 5) is 15.5. The van der Waals surface area contributed by atoms with E-state index in [1.165, 1.54) is 0 Å². The first-order valence-electron chi connectivity index (χ1n) is 5.13. The van der Waals surface area contributed by atoms with Crippen molar-refractivity contribution in [3.63, 3.8) is 0 Å². The lowest BCUT2D eigenvalue weighted by molar-refractivity contribution is -0.121. The molecule has 0 saturated heterocycles. The molecule has 1 amide bonds. The van der Waals surface area contributed by atoms with Gasteiger partial charge in [-0.15, -0.1) is 0 Å². The Labute approximate surface area is 105 Å². The smallest absolute Gasteiger partial charge is 0.250 e. The number of carbonyl (C=O) groups is 1. The van der Waals surface area contributed by atoms with Gasteiger partial charge in [-0.1, -0.05) is 11.6 Å². The van der Waals surface area contributed by atoms with Gasteiger partial charge in [0.25, 0.3) is 0 Å². The van der Waals surface area contributed by atoms with Crippen LogP contribution in [0.15, 0.2) is 12.1 Å². The van der Waals surface area contributed by atoms with Crippen LogP contribution in [0.4, 0.5) is 5.69 Å². The molecular weight excluding hydrogens is 244 g/mol. The fourth-order valence-corrected chi connectivity index (χ4v) is 1.35. The van der Waals surface area contributed by atoms with E-state index >= 15 is 0 Å². The first-order valence-corrected chi connectivity index (χ1v) is 5.51. The Balaban J connectivity index is 2.40. The van der Waals surface area contributed by atoms with Gasteiger partial charge in [0.05, 0.1) is 24.6 Å². The van der Waals surface area contributed by atoms with Crippen LogP contribution in [-0.2, 0) is 14.3 Å². The largest absolute Gasteiger partial charge is 0.382 e. The third-order valence-electron chi connectivity index (χ3n) is 1.99. The summed E-state index contributed by atoms with van der Waals surface area (Å²) in [6.07, 6.45) is 0. The van der Waals surface area contributed by atoms with Gasteiger partial charge in [-0.3, -0.25) is 4.79 Å². The Hall–Kier alpha value is -1.17. The van der Waals surface area contributed by atoms with Crippen molar-refractivity contribution < 1.29 is 14.3 Å². The summed E-state index contributed by atoms with van der Waals surface area (Å²) in [6, 6.07) is 3.33. The summed E-state index contributed by atoms with van der Waals surface area (Å²) in [5, 5.41) is 3.09. The number of hydrogen-bond acceptors (Lipinski definition) is 4. The Bertz CT molecular complexity index is 385. The average molecular weight is 259 g/mol. The third kappa shape index (κ3) is 5.12. The molecule has 1 heterocycles. The number of anilines is 1. The molecule has 1 aromatic heterocycles. The van der Waals surface area contributed by atoms with Gasteiger partial charge in [-0.2, -0.15) is 0 Å². The van der Waals surface area contributed by atoms with Crippen LogP contribution < -0.4 is 5.32 Å². The minimum absolute atomic E-state index is 0.00851. The van der Waals surface area contributed by atoms with Gasteiger partial charge in [-0.25, -0.2) is 4.98 Å². The SMILES string of the molecule is COCCOCC(=O)Nc1ccc(Cl)nc1C. The first-order chi connectivity index (χ1) is 8.13. The topological polar surface area (TPSA) is 60.5 Å². The van der Waals surface area contributed by atoms with Crippen molar-refractivity contribution in [2.75, 3.05) is 32.2 Å². The second kappa shape index (κ2) is 7.21. The summed E-state index contributed by atoms with van der Waals surface area (Å²) < 4.78 is 9.88. The summed E-state index contributed by atoms with van der Waals surface area (Å²) >= 11 is 5.71. The molecule has 0 bridgehead atoms. The van der Waals surface area contributed by atoms with E-state index in [4.69, 9.17) is 21.1 Å². The first kappa shape index (κ1) is 13.9. The highest BCUT2D eigenvalue weighted by molar-refractivity contribution is 6.29. The van der Waals surface area contributed by atoms with Crippen molar-refractivity contribution in [1.82, 2.24) is 4.98 Å². The van der Waals surface area contributed by atoms with Crippen molar-refractivity contribution >= 4 is 23.2 Å². The van der Waals surface area contributed by atoms with E-state index in [9.17, 15) is 4.79 Å². The summed E-state index contributed by atoms with van der Waals surface area (Å²) in [5.74, 6) is -0.228. The number of methoxy groups -OCH3 is 1. The minimum atomic E-state index is -0.228. The summed E-state index contributed by atoms with van der Waals surface area (Å²) in [7, 11) is 1.58. The number of halogens is 1. The predicted octanol–water partition coefficient (Wildman–Crippen LogP) is 1.64. The van der Waals surface area contributed by atoms with Gasteiger partial charge < -0.3 is 14.8 Å². The average Bonchev–Trinajstić information content (AvgIpc) is 2.28. The number of hydrogen-bond donors (Lipinski definition) is 1. The molecule has 0 aromatic carbocycles. The molecule has 17 heavy (non-hydrogen) atoms. The zero-order valence-electron chi connectivity index (χ0n) is 9.83. The molecule has 0 unspecified atom stereocenters. The fourth-order valence-electron chi connectivity index (χ4n) is 1.16. The molecule has 1 N–H and O–H groups in total. The number of aromatic nitrogens is 1. The molecule has 0 radical (unpaired) electrons. The Morgan fingerprint density at radius 1 is 1.47 bits per heavy atom. The molecule has 94 valence electrons. The Morgan fingerprint density at radius 3 is 2.88 bits per heavy atom. The molecule has 0 aliphatic heterocycles. The van der Waals surface area contributed by atoms with Gasteiger partial charge in [-0.05, 0) is 19.1 Å². The number of pyridine rings is 1. The molecule has 0 saturated carbocycles. The van der Waals surface area contributed by atoms with Crippen molar-refractivity contribution in [2.45, 2.75) is 6.92 Å². The Morgan fingerprint density at radius 2 is 2.24 bits per heavy atom. The van der Waals surface area contributed by atoms with E-state index in [1.54, 1.807) is 26.2 Å². The molecule has 0 aliphatic rings. The van der Waals surface area contributed by atoms with Crippen LogP contribution in [-0.4, -0.2) is 37.8 Å². The molecule has 0 spiro atoms. The van der Waals surface area contributed by atoms with Crippen LogP contribution in [0.5, 0.6) is 0 Å². The maximum absolute atomic E-state index is 11.5. The lowest BCUT2D eigenvalue weighted by Gasteiger charge is -2.08. The van der Waals surface area contributed by atoms with E-state index in [0.29, 0.717) is 29.7 Å². The van der Waals surface area contributed by atoms with Crippen LogP contribution in [0.1, 0.15) is 5.69 Å². The number of nitrogens with zero attached hydrogens (tertiary/aromatic N) is 1. The van der Waals surface area contributed by atoms with Crippen LogP contribution in [0.2, 0.25) is 5.15 Å². The number of ether oxygens (including phenoxy) is 2. The number of carbonyl (C=O) groups excluding carboxylic acids is 1. The minimum Gasteiger partial charge on any atom is -0.382 e. The van der Waals surface area contributed by atoms with Crippen LogP contribution in [0.3, 0.4) is 0 Å². The van der Waals surface area contributed by atoms with Gasteiger partial charge in [0.2, 0.25) is 5.91 Å².